The molecule has 1 rings (SSSR count). The molecule has 1 fully saturated rings. The predicted octanol–water partition coefficient (Wildman–Crippen LogP) is 1.38. The van der Waals surface area contributed by atoms with Crippen molar-refractivity contribution in [2.45, 2.75) is 38.4 Å². The van der Waals surface area contributed by atoms with E-state index in [4.69, 9.17) is 4.74 Å². The number of esters is 1. The molecule has 15 heavy (non-hydrogen) atoms. The zero-order chi connectivity index (χ0) is 11.3. The first-order chi connectivity index (χ1) is 7.20. The van der Waals surface area contributed by atoms with Crippen molar-refractivity contribution >= 4 is 22.8 Å². The van der Waals surface area contributed by atoms with Gasteiger partial charge in [-0.2, -0.15) is 0 Å². The number of epoxide rings is 1. The van der Waals surface area contributed by atoms with Crippen LogP contribution < -0.4 is 0 Å². The number of ether oxygens (including phenoxy) is 2. The normalized spacial score (nSPS) is 23.6. The number of carbonyl (C=O) groups excluding carboxylic acids is 2. The second-order valence-corrected chi connectivity index (χ2v) is 4.47. The fourth-order valence-corrected chi connectivity index (χ4v) is 2.09. The molecule has 1 saturated heterocycles. The molecule has 0 aromatic heterocycles. The van der Waals surface area contributed by atoms with E-state index < -0.39 is 18.2 Å². The van der Waals surface area contributed by atoms with E-state index >= 15 is 0 Å². The van der Waals surface area contributed by atoms with Gasteiger partial charge in [-0.25, -0.2) is 4.79 Å². The molecule has 0 aliphatic carbocycles. The lowest BCUT2D eigenvalue weighted by molar-refractivity contribution is -0.142. The van der Waals surface area contributed by atoms with Crippen LogP contribution in [0.15, 0.2) is 0 Å². The predicted molar refractivity (Wildman–Crippen MR) is 57.7 cm³/mol. The topological polar surface area (TPSA) is 55.9 Å². The van der Waals surface area contributed by atoms with Gasteiger partial charge in [0.1, 0.15) is 0 Å². The van der Waals surface area contributed by atoms with Crippen molar-refractivity contribution in [3.63, 3.8) is 0 Å². The molecule has 4 nitrogen and oxygen atoms in total. The Kier molecular flexibility index (Phi) is 5.11. The van der Waals surface area contributed by atoms with Crippen LogP contribution in [0.5, 0.6) is 0 Å². The smallest absolute Gasteiger partial charge is 0.338 e. The number of hydrogen-bond donors (Lipinski definition) is 0. The number of unbranched alkanes of at least 4 members (excludes halogenated alkanes) is 2. The first-order valence-electron chi connectivity index (χ1n) is 5.10. The third-order valence-electron chi connectivity index (χ3n) is 2.15. The maximum atomic E-state index is 11.4. The Labute approximate surface area is 93.7 Å². The molecule has 0 spiro atoms. The second-order valence-electron chi connectivity index (χ2n) is 3.38. The Morgan fingerprint density at radius 3 is 2.67 bits per heavy atom. The highest BCUT2D eigenvalue weighted by atomic mass is 32.2. The molecule has 1 heterocycles. The van der Waals surface area contributed by atoms with Gasteiger partial charge in [0.15, 0.2) is 12.2 Å². The average Bonchev–Trinajstić information content (AvgIpc) is 3.03. The molecule has 0 radical (unpaired) electrons. The van der Waals surface area contributed by atoms with Crippen molar-refractivity contribution in [2.24, 2.45) is 0 Å². The molecule has 1 aliphatic heterocycles. The summed E-state index contributed by atoms with van der Waals surface area (Å²) in [5.41, 5.74) is 0. The van der Waals surface area contributed by atoms with Crippen molar-refractivity contribution < 1.29 is 19.1 Å². The highest BCUT2D eigenvalue weighted by molar-refractivity contribution is 8.13. The summed E-state index contributed by atoms with van der Waals surface area (Å²) in [6.45, 7) is 2.11. The van der Waals surface area contributed by atoms with Gasteiger partial charge in [0.25, 0.3) is 0 Å². The first kappa shape index (κ1) is 12.5. The molecule has 0 amide bonds. The van der Waals surface area contributed by atoms with Crippen LogP contribution in [0.1, 0.15) is 26.2 Å². The quantitative estimate of drug-likeness (QED) is 0.393. The van der Waals surface area contributed by atoms with Crippen LogP contribution in [0, 0.1) is 0 Å². The Morgan fingerprint density at radius 1 is 1.33 bits per heavy atom. The monoisotopic (exact) mass is 232 g/mol. The summed E-state index contributed by atoms with van der Waals surface area (Å²) in [6.07, 6.45) is 2.08. The molecule has 1 aliphatic rings. The number of carbonyl (C=O) groups is 2. The van der Waals surface area contributed by atoms with E-state index in [9.17, 15) is 9.59 Å². The first-order valence-corrected chi connectivity index (χ1v) is 6.09. The fraction of sp³-hybridized carbons (Fsp3) is 0.800. The molecule has 0 N–H and O–H groups in total. The molecular formula is C10H16O4S. The van der Waals surface area contributed by atoms with Crippen LogP contribution >= 0.6 is 11.8 Å². The van der Waals surface area contributed by atoms with E-state index in [1.165, 1.54) is 18.9 Å². The molecule has 0 aromatic rings. The Bertz CT molecular complexity index is 242. The van der Waals surface area contributed by atoms with Crippen molar-refractivity contribution in [1.29, 1.82) is 0 Å². The lowest BCUT2D eigenvalue weighted by atomic mass is 10.3. The van der Waals surface area contributed by atoms with Gasteiger partial charge in [0.2, 0.25) is 5.12 Å². The van der Waals surface area contributed by atoms with E-state index in [2.05, 4.69) is 11.7 Å². The Morgan fingerprint density at radius 2 is 2.07 bits per heavy atom. The van der Waals surface area contributed by atoms with Gasteiger partial charge in [-0.15, -0.1) is 0 Å². The van der Waals surface area contributed by atoms with Crippen LogP contribution in [-0.4, -0.2) is 36.2 Å². The van der Waals surface area contributed by atoms with Gasteiger partial charge >= 0.3 is 5.97 Å². The summed E-state index contributed by atoms with van der Waals surface area (Å²) in [6, 6.07) is 0. The second kappa shape index (κ2) is 6.12. The zero-order valence-electron chi connectivity index (χ0n) is 9.02. The van der Waals surface area contributed by atoms with E-state index in [0.29, 0.717) is 0 Å². The molecule has 5 heteroatoms. The molecule has 0 aromatic carbocycles. The number of methoxy groups -OCH3 is 1. The third-order valence-corrected chi connectivity index (χ3v) is 3.16. The highest BCUT2D eigenvalue weighted by Crippen LogP contribution is 2.28. The number of thioether (sulfide) groups is 1. The minimum atomic E-state index is -0.652. The van der Waals surface area contributed by atoms with E-state index in [0.717, 1.165) is 25.0 Å². The average molecular weight is 232 g/mol. The van der Waals surface area contributed by atoms with Gasteiger partial charge in [0.05, 0.1) is 7.11 Å². The van der Waals surface area contributed by atoms with E-state index in [1.54, 1.807) is 0 Å². The van der Waals surface area contributed by atoms with E-state index in [1.807, 2.05) is 0 Å². The van der Waals surface area contributed by atoms with E-state index in [-0.39, 0.29) is 5.12 Å². The van der Waals surface area contributed by atoms with Crippen LogP contribution in [0.3, 0.4) is 0 Å². The molecule has 2 unspecified atom stereocenters. The van der Waals surface area contributed by atoms with Crippen LogP contribution in [0.4, 0.5) is 0 Å². The summed E-state index contributed by atoms with van der Waals surface area (Å²) in [5, 5.41) is -0.0542. The van der Waals surface area contributed by atoms with Crippen molar-refractivity contribution in [1.82, 2.24) is 0 Å². The van der Waals surface area contributed by atoms with Crippen LogP contribution in [-0.2, 0) is 19.1 Å². The Balaban J connectivity index is 2.12. The zero-order valence-corrected chi connectivity index (χ0v) is 9.84. The summed E-state index contributed by atoms with van der Waals surface area (Å²) in [5.74, 6) is 0.350. The third kappa shape index (κ3) is 3.83. The largest absolute Gasteiger partial charge is 0.467 e. The summed E-state index contributed by atoms with van der Waals surface area (Å²) in [4.78, 5) is 22.4. The van der Waals surface area contributed by atoms with Gasteiger partial charge < -0.3 is 9.47 Å². The van der Waals surface area contributed by atoms with Crippen LogP contribution in [0.25, 0.3) is 0 Å². The fourth-order valence-electron chi connectivity index (χ4n) is 1.19. The minimum Gasteiger partial charge on any atom is -0.467 e. The van der Waals surface area contributed by atoms with Crippen molar-refractivity contribution in [2.75, 3.05) is 12.9 Å². The van der Waals surface area contributed by atoms with Gasteiger partial charge in [0, 0.05) is 5.75 Å². The van der Waals surface area contributed by atoms with Crippen molar-refractivity contribution in [3.05, 3.63) is 0 Å². The number of hydrogen-bond acceptors (Lipinski definition) is 5. The summed E-state index contributed by atoms with van der Waals surface area (Å²) < 4.78 is 9.42. The minimum absolute atomic E-state index is 0.0542. The summed E-state index contributed by atoms with van der Waals surface area (Å²) >= 11 is 1.25. The van der Waals surface area contributed by atoms with Gasteiger partial charge in [-0.1, -0.05) is 31.5 Å². The maximum Gasteiger partial charge on any atom is 0.338 e. The summed E-state index contributed by atoms with van der Waals surface area (Å²) in [7, 11) is 1.29. The molecule has 0 bridgehead atoms. The highest BCUT2D eigenvalue weighted by Gasteiger charge is 2.51. The number of rotatable bonds is 6. The van der Waals surface area contributed by atoms with Crippen LogP contribution in [0.2, 0.25) is 0 Å². The lowest BCUT2D eigenvalue weighted by Crippen LogP contribution is -2.15. The molecule has 2 atom stereocenters. The Hall–Kier alpha value is -0.550. The van der Waals surface area contributed by atoms with Gasteiger partial charge in [-0.05, 0) is 6.42 Å². The van der Waals surface area contributed by atoms with Gasteiger partial charge in [-0.3, -0.25) is 4.79 Å². The molecule has 86 valence electrons. The van der Waals surface area contributed by atoms with Crippen molar-refractivity contribution in [3.8, 4) is 0 Å². The standard InChI is InChI=1S/C10H16O4S/c1-3-4-5-6-15-10(12)8-7(14-8)9(11)13-2/h7-8H,3-6H2,1-2H3. The lowest BCUT2D eigenvalue weighted by Gasteiger charge is -1.96. The molecular weight excluding hydrogens is 216 g/mol. The maximum absolute atomic E-state index is 11.4. The SMILES string of the molecule is CCCCCSC(=O)C1OC1C(=O)OC. The molecule has 0 saturated carbocycles.